The monoisotopic (exact) mass is 450 g/mol. The van der Waals surface area contributed by atoms with Crippen LogP contribution >= 0.6 is 11.3 Å². The van der Waals surface area contributed by atoms with Gasteiger partial charge in [-0.1, -0.05) is 30.3 Å². The Hall–Kier alpha value is -3.52. The molecule has 32 heavy (non-hydrogen) atoms. The first-order valence-electron chi connectivity index (χ1n) is 10.2. The fraction of sp³-hybridized carbons (Fsp3) is 0.250. The topological polar surface area (TPSA) is 94.6 Å². The molecule has 164 valence electrons. The van der Waals surface area contributed by atoms with Gasteiger partial charge < -0.3 is 9.47 Å². The molecule has 2 aromatic carbocycles. The molecule has 0 bridgehead atoms. The van der Waals surface area contributed by atoms with Gasteiger partial charge in [0.15, 0.2) is 10.7 Å². The van der Waals surface area contributed by atoms with Crippen molar-refractivity contribution < 1.29 is 23.9 Å². The lowest BCUT2D eigenvalue weighted by molar-refractivity contribution is -0.134. The van der Waals surface area contributed by atoms with Gasteiger partial charge in [-0.2, -0.15) is 0 Å². The number of amides is 1. The van der Waals surface area contributed by atoms with Crippen molar-refractivity contribution in [1.29, 1.82) is 0 Å². The fourth-order valence-corrected chi connectivity index (χ4v) is 4.35. The fourth-order valence-electron chi connectivity index (χ4n) is 3.51. The van der Waals surface area contributed by atoms with Gasteiger partial charge >= 0.3 is 11.9 Å². The first-order chi connectivity index (χ1) is 15.4. The number of rotatable bonds is 6. The molecule has 4 rings (SSSR count). The Labute approximate surface area is 189 Å². The van der Waals surface area contributed by atoms with Crippen molar-refractivity contribution in [2.75, 3.05) is 11.9 Å². The molecule has 1 N–H and O–H groups in total. The van der Waals surface area contributed by atoms with Gasteiger partial charge in [-0.15, -0.1) is 11.3 Å². The van der Waals surface area contributed by atoms with Gasteiger partial charge in [0, 0.05) is 23.9 Å². The third-order valence-electron chi connectivity index (χ3n) is 5.18. The molecule has 0 aliphatic carbocycles. The second-order valence-electron chi connectivity index (χ2n) is 7.63. The van der Waals surface area contributed by atoms with Crippen molar-refractivity contribution in [3.8, 4) is 0 Å². The highest BCUT2D eigenvalue weighted by Crippen LogP contribution is 2.30. The molecule has 3 aromatic rings. The van der Waals surface area contributed by atoms with E-state index in [1.807, 2.05) is 24.3 Å². The van der Waals surface area contributed by atoms with Gasteiger partial charge in [-0.3, -0.25) is 10.1 Å². The third-order valence-corrected chi connectivity index (χ3v) is 6.09. The van der Waals surface area contributed by atoms with E-state index in [9.17, 15) is 14.4 Å². The molecular formula is C24H22N2O5S. The Kier molecular flexibility index (Phi) is 6.05. The minimum absolute atomic E-state index is 0.297. The quantitative estimate of drug-likeness (QED) is 0.570. The van der Waals surface area contributed by atoms with E-state index in [0.717, 1.165) is 16.0 Å². The number of hydrogen-bond acceptors (Lipinski definition) is 7. The van der Waals surface area contributed by atoms with Crippen LogP contribution < -0.4 is 5.32 Å². The summed E-state index contributed by atoms with van der Waals surface area (Å²) in [6.45, 7) is 3.71. The standard InChI is InChI=1S/C24H22N2O5S/c1-3-30-20(27)16-10-8-15(9-11-16)12-18-14-25-23(32-18)26-22(29)24(2)13-17-6-4-5-7-19(17)21(28)31-24/h4-11,14H,3,12-13H2,1-2H3,(H,25,26,29)/t24-/m0/s1. The summed E-state index contributed by atoms with van der Waals surface area (Å²) in [4.78, 5) is 42.2. The summed E-state index contributed by atoms with van der Waals surface area (Å²) in [6.07, 6.45) is 2.60. The van der Waals surface area contributed by atoms with E-state index in [4.69, 9.17) is 9.47 Å². The number of aromatic nitrogens is 1. The summed E-state index contributed by atoms with van der Waals surface area (Å²) < 4.78 is 10.5. The molecule has 1 amide bonds. The zero-order chi connectivity index (χ0) is 22.7. The Morgan fingerprint density at radius 3 is 2.69 bits per heavy atom. The van der Waals surface area contributed by atoms with Crippen LogP contribution in [0.3, 0.4) is 0 Å². The maximum Gasteiger partial charge on any atom is 0.339 e. The number of cyclic esters (lactones) is 1. The van der Waals surface area contributed by atoms with Gasteiger partial charge in [-0.25, -0.2) is 14.6 Å². The van der Waals surface area contributed by atoms with Crippen LogP contribution in [0, 0.1) is 0 Å². The molecule has 0 spiro atoms. The smallest absolute Gasteiger partial charge is 0.339 e. The molecule has 8 heteroatoms. The normalized spacial score (nSPS) is 17.2. The minimum atomic E-state index is -1.31. The van der Waals surface area contributed by atoms with Crippen LogP contribution in [0.2, 0.25) is 0 Å². The molecular weight excluding hydrogens is 428 g/mol. The molecule has 0 fully saturated rings. The van der Waals surface area contributed by atoms with Crippen LogP contribution in [0.1, 0.15) is 50.6 Å². The van der Waals surface area contributed by atoms with Crippen molar-refractivity contribution >= 4 is 34.3 Å². The molecule has 1 aromatic heterocycles. The molecule has 0 unspecified atom stereocenters. The molecule has 0 saturated carbocycles. The SMILES string of the molecule is CCOC(=O)c1ccc(Cc2cnc(NC(=O)[C@]3(C)Cc4ccccc4C(=O)O3)s2)cc1. The first-order valence-corrected chi connectivity index (χ1v) is 11.0. The van der Waals surface area contributed by atoms with Gasteiger partial charge in [0.2, 0.25) is 0 Å². The lowest BCUT2D eigenvalue weighted by atomic mass is 9.89. The highest BCUT2D eigenvalue weighted by molar-refractivity contribution is 7.15. The van der Waals surface area contributed by atoms with Crippen molar-refractivity contribution in [1.82, 2.24) is 4.98 Å². The van der Waals surface area contributed by atoms with Crippen molar-refractivity contribution in [3.05, 3.63) is 81.9 Å². The third kappa shape index (κ3) is 4.55. The van der Waals surface area contributed by atoms with E-state index >= 15 is 0 Å². The Bertz CT molecular complexity index is 1170. The maximum atomic E-state index is 12.9. The van der Waals surface area contributed by atoms with Crippen LogP contribution in [0.5, 0.6) is 0 Å². The predicted molar refractivity (Wildman–Crippen MR) is 120 cm³/mol. The van der Waals surface area contributed by atoms with Gasteiger partial charge in [0.25, 0.3) is 5.91 Å². The second kappa shape index (κ2) is 8.92. The van der Waals surface area contributed by atoms with Crippen LogP contribution in [0.15, 0.2) is 54.7 Å². The number of carbonyl (C=O) groups is 3. The number of thiazole rings is 1. The van der Waals surface area contributed by atoms with Crippen LogP contribution in [-0.2, 0) is 27.1 Å². The Balaban J connectivity index is 1.40. The van der Waals surface area contributed by atoms with Crippen molar-refractivity contribution in [2.24, 2.45) is 0 Å². The van der Waals surface area contributed by atoms with E-state index in [-0.39, 0.29) is 5.97 Å². The van der Waals surface area contributed by atoms with Crippen LogP contribution in [0.25, 0.3) is 0 Å². The van der Waals surface area contributed by atoms with E-state index in [0.29, 0.717) is 35.7 Å². The Morgan fingerprint density at radius 2 is 1.94 bits per heavy atom. The molecule has 0 radical (unpaired) electrons. The van der Waals surface area contributed by atoms with Gasteiger partial charge in [-0.05, 0) is 43.2 Å². The number of nitrogens with one attached hydrogen (secondary N) is 1. The zero-order valence-electron chi connectivity index (χ0n) is 17.7. The van der Waals surface area contributed by atoms with E-state index in [1.54, 1.807) is 44.3 Å². The summed E-state index contributed by atoms with van der Waals surface area (Å²) in [5, 5.41) is 3.21. The molecule has 1 atom stereocenters. The Morgan fingerprint density at radius 1 is 1.19 bits per heavy atom. The number of carbonyl (C=O) groups excluding carboxylic acids is 3. The lowest BCUT2D eigenvalue weighted by Crippen LogP contribution is -2.48. The summed E-state index contributed by atoms with van der Waals surface area (Å²) in [5.74, 6) is -1.27. The number of nitrogens with zero attached hydrogens (tertiary/aromatic N) is 1. The summed E-state index contributed by atoms with van der Waals surface area (Å²) in [7, 11) is 0. The summed E-state index contributed by atoms with van der Waals surface area (Å²) in [6, 6.07) is 14.3. The average molecular weight is 451 g/mol. The number of fused-ring (bicyclic) bond motifs is 1. The molecule has 0 saturated heterocycles. The largest absolute Gasteiger partial charge is 0.462 e. The highest BCUT2D eigenvalue weighted by atomic mass is 32.1. The summed E-state index contributed by atoms with van der Waals surface area (Å²) in [5.41, 5.74) is 1.48. The highest BCUT2D eigenvalue weighted by Gasteiger charge is 2.42. The number of benzene rings is 2. The number of anilines is 1. The molecule has 1 aliphatic heterocycles. The molecule has 1 aliphatic rings. The van der Waals surface area contributed by atoms with Crippen LogP contribution in [0.4, 0.5) is 5.13 Å². The van der Waals surface area contributed by atoms with E-state index in [2.05, 4.69) is 10.3 Å². The van der Waals surface area contributed by atoms with E-state index < -0.39 is 17.5 Å². The van der Waals surface area contributed by atoms with Crippen molar-refractivity contribution in [3.63, 3.8) is 0 Å². The van der Waals surface area contributed by atoms with E-state index in [1.165, 1.54) is 11.3 Å². The minimum Gasteiger partial charge on any atom is -0.462 e. The van der Waals surface area contributed by atoms with Gasteiger partial charge in [0.05, 0.1) is 17.7 Å². The average Bonchev–Trinajstić information content (AvgIpc) is 3.21. The molecule has 2 heterocycles. The zero-order valence-corrected chi connectivity index (χ0v) is 18.5. The summed E-state index contributed by atoms with van der Waals surface area (Å²) >= 11 is 1.35. The maximum absolute atomic E-state index is 12.9. The molecule has 7 nitrogen and oxygen atoms in total. The number of hydrogen-bond donors (Lipinski definition) is 1. The van der Waals surface area contributed by atoms with Gasteiger partial charge in [0.1, 0.15) is 0 Å². The number of ether oxygens (including phenoxy) is 2. The number of esters is 2. The lowest BCUT2D eigenvalue weighted by Gasteiger charge is -2.32. The predicted octanol–water partition coefficient (Wildman–Crippen LogP) is 4.02. The van der Waals surface area contributed by atoms with Crippen molar-refractivity contribution in [2.45, 2.75) is 32.3 Å². The van der Waals surface area contributed by atoms with Crippen LogP contribution in [-0.4, -0.2) is 35.0 Å². The second-order valence-corrected chi connectivity index (χ2v) is 8.75. The first kappa shape index (κ1) is 21.7.